The smallest absolute Gasteiger partial charge is 0.146 e. The van der Waals surface area contributed by atoms with Crippen molar-refractivity contribution in [2.75, 3.05) is 5.73 Å². The molecule has 1 saturated carbocycles. The normalized spacial score (nSPS) is 28.3. The van der Waals surface area contributed by atoms with Gasteiger partial charge in [-0.3, -0.25) is 0 Å². The highest BCUT2D eigenvalue weighted by molar-refractivity contribution is 9.10. The maximum Gasteiger partial charge on any atom is 0.146 e. The topological polar surface area (TPSA) is 77.0 Å². The van der Waals surface area contributed by atoms with E-state index in [0.29, 0.717) is 5.82 Å². The Labute approximate surface area is 107 Å². The number of nitrogens with two attached hydrogens (primary N) is 1. The Morgan fingerprint density at radius 1 is 1.53 bits per heavy atom. The molecule has 2 heterocycles. The van der Waals surface area contributed by atoms with Crippen LogP contribution in [-0.4, -0.2) is 25.2 Å². The Hall–Kier alpha value is -1.14. The second-order valence-corrected chi connectivity index (χ2v) is 5.76. The Morgan fingerprint density at radius 2 is 2.24 bits per heavy atom. The molecule has 3 rings (SSSR count). The van der Waals surface area contributed by atoms with Crippen LogP contribution in [0.25, 0.3) is 11.0 Å². The lowest BCUT2D eigenvalue weighted by Crippen LogP contribution is -2.41. The third-order valence-electron chi connectivity index (χ3n) is 3.34. The molecule has 5 nitrogen and oxygen atoms in total. The first-order chi connectivity index (χ1) is 7.98. The Bertz CT molecular complexity index is 584. The van der Waals surface area contributed by atoms with Crippen molar-refractivity contribution in [1.29, 1.82) is 0 Å². The van der Waals surface area contributed by atoms with Crippen molar-refractivity contribution in [2.24, 2.45) is 0 Å². The van der Waals surface area contributed by atoms with Gasteiger partial charge in [0.05, 0.1) is 11.0 Å². The summed E-state index contributed by atoms with van der Waals surface area (Å²) in [6.45, 7) is 1.85. The van der Waals surface area contributed by atoms with Crippen molar-refractivity contribution in [3.63, 3.8) is 0 Å². The monoisotopic (exact) mass is 296 g/mol. The molecule has 0 spiro atoms. The van der Waals surface area contributed by atoms with E-state index in [1.807, 2.05) is 13.1 Å². The average Bonchev–Trinajstić information content (AvgIpc) is 2.54. The molecule has 0 saturated heterocycles. The molecule has 0 radical (unpaired) electrons. The van der Waals surface area contributed by atoms with Gasteiger partial charge in [-0.1, -0.05) is 0 Å². The minimum Gasteiger partial charge on any atom is -0.390 e. The van der Waals surface area contributed by atoms with Crippen molar-refractivity contribution in [1.82, 2.24) is 14.5 Å². The highest BCUT2D eigenvalue weighted by Gasteiger charge is 2.40. The second kappa shape index (κ2) is 3.43. The fourth-order valence-electron chi connectivity index (χ4n) is 2.49. The summed E-state index contributed by atoms with van der Waals surface area (Å²) >= 11 is 3.48. The number of hydrogen-bond acceptors (Lipinski definition) is 4. The number of nitrogen functional groups attached to an aromatic ring is 1. The second-order valence-electron chi connectivity index (χ2n) is 4.90. The summed E-state index contributed by atoms with van der Waals surface area (Å²) in [5, 5.41) is 10.6. The van der Waals surface area contributed by atoms with E-state index in [4.69, 9.17) is 5.73 Å². The van der Waals surface area contributed by atoms with Crippen LogP contribution in [0.3, 0.4) is 0 Å². The minimum atomic E-state index is -0.549. The van der Waals surface area contributed by atoms with E-state index in [2.05, 4.69) is 30.5 Å². The number of anilines is 1. The number of fused-ring (bicyclic) bond motifs is 1. The van der Waals surface area contributed by atoms with Crippen LogP contribution in [0.5, 0.6) is 0 Å². The van der Waals surface area contributed by atoms with Gasteiger partial charge in [0.25, 0.3) is 0 Å². The van der Waals surface area contributed by atoms with Gasteiger partial charge in [0.1, 0.15) is 17.8 Å². The Kier molecular flexibility index (Phi) is 2.21. The van der Waals surface area contributed by atoms with Gasteiger partial charge >= 0.3 is 0 Å². The molecule has 90 valence electrons. The van der Waals surface area contributed by atoms with Crippen LogP contribution in [0.2, 0.25) is 0 Å². The van der Waals surface area contributed by atoms with Crippen LogP contribution < -0.4 is 5.73 Å². The molecule has 0 unspecified atom stereocenters. The molecule has 0 atom stereocenters. The van der Waals surface area contributed by atoms with Crippen LogP contribution in [0, 0.1) is 0 Å². The van der Waals surface area contributed by atoms with Gasteiger partial charge in [0.2, 0.25) is 0 Å². The van der Waals surface area contributed by atoms with Gasteiger partial charge in [-0.2, -0.15) is 0 Å². The number of nitrogens with zero attached hydrogens (tertiary/aromatic N) is 3. The number of halogens is 1. The third-order valence-corrected chi connectivity index (χ3v) is 3.94. The van der Waals surface area contributed by atoms with E-state index in [1.54, 1.807) is 0 Å². The van der Waals surface area contributed by atoms with Gasteiger partial charge in [-0.15, -0.1) is 0 Å². The van der Waals surface area contributed by atoms with Crippen molar-refractivity contribution in [3.05, 3.63) is 17.0 Å². The SMILES string of the molecule is CC1(O)CC(n2cc(Br)c3c(N)ncnc32)C1. The van der Waals surface area contributed by atoms with E-state index in [9.17, 15) is 5.11 Å². The van der Waals surface area contributed by atoms with Crippen molar-refractivity contribution in [3.8, 4) is 0 Å². The maximum atomic E-state index is 9.80. The molecule has 1 aliphatic rings. The molecule has 17 heavy (non-hydrogen) atoms. The lowest BCUT2D eigenvalue weighted by Gasteiger charge is -2.41. The molecule has 0 amide bonds. The highest BCUT2D eigenvalue weighted by Crippen LogP contribution is 2.43. The molecule has 2 aromatic rings. The van der Waals surface area contributed by atoms with Gasteiger partial charge < -0.3 is 15.4 Å². The van der Waals surface area contributed by atoms with Gasteiger partial charge in [-0.05, 0) is 35.7 Å². The lowest BCUT2D eigenvalue weighted by molar-refractivity contribution is -0.0498. The summed E-state index contributed by atoms with van der Waals surface area (Å²) in [5.41, 5.74) is 6.11. The number of hydrogen-bond donors (Lipinski definition) is 2. The molecular formula is C11H13BrN4O. The van der Waals surface area contributed by atoms with Crippen LogP contribution >= 0.6 is 15.9 Å². The molecule has 2 aromatic heterocycles. The molecule has 6 heteroatoms. The van der Waals surface area contributed by atoms with Crippen LogP contribution in [0.4, 0.5) is 5.82 Å². The molecule has 0 bridgehead atoms. The quantitative estimate of drug-likeness (QED) is 0.842. The number of aromatic nitrogens is 3. The Morgan fingerprint density at radius 3 is 2.88 bits per heavy atom. The van der Waals surface area contributed by atoms with Gasteiger partial charge in [0, 0.05) is 16.7 Å². The fourth-order valence-corrected chi connectivity index (χ4v) is 3.09. The molecule has 1 aliphatic carbocycles. The van der Waals surface area contributed by atoms with Crippen molar-refractivity contribution in [2.45, 2.75) is 31.4 Å². The summed E-state index contributed by atoms with van der Waals surface area (Å²) in [6, 6.07) is 0.285. The van der Waals surface area contributed by atoms with Crippen molar-refractivity contribution < 1.29 is 5.11 Å². The van der Waals surface area contributed by atoms with Crippen LogP contribution in [-0.2, 0) is 0 Å². The highest BCUT2D eigenvalue weighted by atomic mass is 79.9. The molecule has 3 N–H and O–H groups in total. The maximum absolute atomic E-state index is 9.80. The van der Waals surface area contributed by atoms with E-state index >= 15 is 0 Å². The largest absolute Gasteiger partial charge is 0.390 e. The fraction of sp³-hybridized carbons (Fsp3) is 0.455. The zero-order chi connectivity index (χ0) is 12.2. The summed E-state index contributed by atoms with van der Waals surface area (Å²) in [5.74, 6) is 0.478. The predicted octanol–water partition coefficient (Wildman–Crippen LogP) is 1.86. The molecule has 1 fully saturated rings. The zero-order valence-electron chi connectivity index (χ0n) is 9.39. The first-order valence-corrected chi connectivity index (χ1v) is 6.26. The first-order valence-electron chi connectivity index (χ1n) is 5.47. The Balaban J connectivity index is 2.10. The first kappa shape index (κ1) is 11.0. The summed E-state index contributed by atoms with van der Waals surface area (Å²) < 4.78 is 2.97. The van der Waals surface area contributed by atoms with Crippen molar-refractivity contribution >= 4 is 32.8 Å². The third kappa shape index (κ3) is 1.63. The number of aliphatic hydroxyl groups is 1. The summed E-state index contributed by atoms with van der Waals surface area (Å²) in [6.07, 6.45) is 4.92. The van der Waals surface area contributed by atoms with E-state index in [1.165, 1.54) is 6.33 Å². The summed E-state index contributed by atoms with van der Waals surface area (Å²) in [4.78, 5) is 8.26. The number of rotatable bonds is 1. The summed E-state index contributed by atoms with van der Waals surface area (Å²) in [7, 11) is 0. The lowest BCUT2D eigenvalue weighted by atomic mass is 9.77. The zero-order valence-corrected chi connectivity index (χ0v) is 11.0. The van der Waals surface area contributed by atoms with E-state index in [0.717, 1.165) is 28.3 Å². The van der Waals surface area contributed by atoms with Gasteiger partial charge in [0.15, 0.2) is 0 Å². The standard InChI is InChI=1S/C11H13BrN4O/c1-11(17)2-6(3-11)16-4-7(12)8-9(13)14-5-15-10(8)16/h4-6,17H,2-3H2,1H3,(H2,13,14,15). The predicted molar refractivity (Wildman–Crippen MR) is 68.5 cm³/mol. The molecule has 0 aromatic carbocycles. The molecular weight excluding hydrogens is 284 g/mol. The van der Waals surface area contributed by atoms with Gasteiger partial charge in [-0.25, -0.2) is 9.97 Å². The van der Waals surface area contributed by atoms with E-state index in [-0.39, 0.29) is 6.04 Å². The average molecular weight is 297 g/mol. The van der Waals surface area contributed by atoms with Crippen LogP contribution in [0.15, 0.2) is 17.0 Å². The van der Waals surface area contributed by atoms with E-state index < -0.39 is 5.60 Å². The molecule has 0 aliphatic heterocycles. The minimum absolute atomic E-state index is 0.285. The van der Waals surface area contributed by atoms with Crippen LogP contribution in [0.1, 0.15) is 25.8 Å².